The van der Waals surface area contributed by atoms with Crippen LogP contribution in [0.5, 0.6) is 0 Å². The number of alkyl halides is 3. The molecule has 0 saturated carbocycles. The van der Waals surface area contributed by atoms with Crippen molar-refractivity contribution in [3.63, 3.8) is 0 Å². The van der Waals surface area contributed by atoms with Crippen molar-refractivity contribution in [2.75, 3.05) is 26.2 Å². The van der Waals surface area contributed by atoms with Gasteiger partial charge in [-0.1, -0.05) is 43.7 Å². The topological polar surface area (TPSA) is 15.3 Å². The van der Waals surface area contributed by atoms with Gasteiger partial charge >= 0.3 is 6.18 Å². The maximum atomic E-state index is 12.5. The Morgan fingerprint density at radius 1 is 1.14 bits per heavy atom. The molecule has 5 heteroatoms. The first-order valence-corrected chi connectivity index (χ1v) is 7.44. The molecule has 0 aliphatic heterocycles. The molecule has 2 nitrogen and oxygen atoms in total. The van der Waals surface area contributed by atoms with Crippen molar-refractivity contribution in [1.29, 1.82) is 0 Å². The smallest absolute Gasteiger partial charge is 0.310 e. The van der Waals surface area contributed by atoms with E-state index in [0.717, 1.165) is 12.1 Å². The standard InChI is InChI=1S/C16H25F3N2/c1-4-20-15(14-8-6-13(3)7-9-14)10-11-21(5-2)12-16(17,18)19/h6-9,15,20H,4-5,10-12H2,1-3H3. The van der Waals surface area contributed by atoms with Gasteiger partial charge in [0.2, 0.25) is 0 Å². The molecule has 0 amide bonds. The fourth-order valence-electron chi connectivity index (χ4n) is 2.35. The molecule has 0 radical (unpaired) electrons. The molecule has 1 aromatic rings. The summed E-state index contributed by atoms with van der Waals surface area (Å²) in [5.41, 5.74) is 2.31. The number of nitrogens with one attached hydrogen (secondary N) is 1. The van der Waals surface area contributed by atoms with Crippen LogP contribution in [0.4, 0.5) is 13.2 Å². The summed E-state index contributed by atoms with van der Waals surface area (Å²) >= 11 is 0. The molecular weight excluding hydrogens is 277 g/mol. The summed E-state index contributed by atoms with van der Waals surface area (Å²) in [4.78, 5) is 1.44. The molecule has 1 N–H and O–H groups in total. The molecule has 0 saturated heterocycles. The van der Waals surface area contributed by atoms with Crippen molar-refractivity contribution < 1.29 is 13.2 Å². The monoisotopic (exact) mass is 302 g/mol. The average molecular weight is 302 g/mol. The van der Waals surface area contributed by atoms with Crippen LogP contribution in [0.1, 0.15) is 37.4 Å². The summed E-state index contributed by atoms with van der Waals surface area (Å²) in [6, 6.07) is 8.25. The fourth-order valence-corrected chi connectivity index (χ4v) is 2.35. The summed E-state index contributed by atoms with van der Waals surface area (Å²) in [7, 11) is 0. The van der Waals surface area contributed by atoms with Gasteiger partial charge < -0.3 is 5.32 Å². The van der Waals surface area contributed by atoms with Gasteiger partial charge in [0, 0.05) is 12.6 Å². The fraction of sp³-hybridized carbons (Fsp3) is 0.625. The van der Waals surface area contributed by atoms with Gasteiger partial charge in [-0.3, -0.25) is 4.90 Å². The van der Waals surface area contributed by atoms with Crippen LogP contribution in [0.2, 0.25) is 0 Å². The first-order chi connectivity index (χ1) is 9.85. The Morgan fingerprint density at radius 3 is 2.24 bits per heavy atom. The molecule has 0 spiro atoms. The van der Waals surface area contributed by atoms with Gasteiger partial charge in [-0.05, 0) is 32.0 Å². The second-order valence-electron chi connectivity index (χ2n) is 5.29. The van der Waals surface area contributed by atoms with Gasteiger partial charge in [-0.2, -0.15) is 13.2 Å². The molecule has 1 atom stereocenters. The lowest BCUT2D eigenvalue weighted by Crippen LogP contribution is -2.36. The van der Waals surface area contributed by atoms with Crippen LogP contribution in [0.3, 0.4) is 0 Å². The summed E-state index contributed by atoms with van der Waals surface area (Å²) in [6.07, 6.45) is -3.46. The molecule has 1 aromatic carbocycles. The zero-order valence-corrected chi connectivity index (χ0v) is 13.0. The summed E-state index contributed by atoms with van der Waals surface area (Å²) in [5, 5.41) is 3.35. The third kappa shape index (κ3) is 6.96. The predicted octanol–water partition coefficient (Wildman–Crippen LogP) is 3.92. The van der Waals surface area contributed by atoms with Crippen LogP contribution in [0.15, 0.2) is 24.3 Å². The first-order valence-electron chi connectivity index (χ1n) is 7.44. The van der Waals surface area contributed by atoms with Crippen LogP contribution in [0.25, 0.3) is 0 Å². The van der Waals surface area contributed by atoms with Crippen molar-refractivity contribution in [3.8, 4) is 0 Å². The molecule has 21 heavy (non-hydrogen) atoms. The maximum Gasteiger partial charge on any atom is 0.401 e. The van der Waals surface area contributed by atoms with Crippen molar-refractivity contribution >= 4 is 0 Å². The summed E-state index contributed by atoms with van der Waals surface area (Å²) < 4.78 is 37.4. The number of benzene rings is 1. The minimum Gasteiger partial charge on any atom is -0.310 e. The normalized spacial score (nSPS) is 13.7. The highest BCUT2D eigenvalue weighted by Gasteiger charge is 2.30. The van der Waals surface area contributed by atoms with E-state index in [2.05, 4.69) is 5.32 Å². The Bertz CT molecular complexity index is 401. The molecular formula is C16H25F3N2. The third-order valence-corrected chi connectivity index (χ3v) is 3.51. The van der Waals surface area contributed by atoms with E-state index in [1.54, 1.807) is 6.92 Å². The lowest BCUT2D eigenvalue weighted by Gasteiger charge is -2.25. The van der Waals surface area contributed by atoms with Gasteiger partial charge in [-0.25, -0.2) is 0 Å². The van der Waals surface area contributed by atoms with E-state index >= 15 is 0 Å². The molecule has 0 aromatic heterocycles. The quantitative estimate of drug-likeness (QED) is 0.783. The Labute approximate surface area is 125 Å². The minimum absolute atomic E-state index is 0.0953. The number of aryl methyl sites for hydroxylation is 1. The van der Waals surface area contributed by atoms with Gasteiger partial charge in [0.25, 0.3) is 0 Å². The largest absolute Gasteiger partial charge is 0.401 e. The molecule has 0 aliphatic rings. The summed E-state index contributed by atoms with van der Waals surface area (Å²) in [5.74, 6) is 0. The van der Waals surface area contributed by atoms with E-state index in [1.807, 2.05) is 38.1 Å². The number of halogens is 3. The number of hydrogen-bond acceptors (Lipinski definition) is 2. The van der Waals surface area contributed by atoms with E-state index in [4.69, 9.17) is 0 Å². The first kappa shape index (κ1) is 18.0. The zero-order chi connectivity index (χ0) is 15.9. The van der Waals surface area contributed by atoms with Crippen LogP contribution in [-0.2, 0) is 0 Å². The average Bonchev–Trinajstić information content (AvgIpc) is 2.41. The van der Waals surface area contributed by atoms with Crippen LogP contribution in [-0.4, -0.2) is 37.3 Å². The van der Waals surface area contributed by atoms with Crippen molar-refractivity contribution in [1.82, 2.24) is 10.2 Å². The molecule has 0 bridgehead atoms. The van der Waals surface area contributed by atoms with E-state index in [9.17, 15) is 13.2 Å². The molecule has 0 fully saturated rings. The Hall–Kier alpha value is -1.07. The molecule has 1 rings (SSSR count). The highest BCUT2D eigenvalue weighted by Crippen LogP contribution is 2.20. The number of nitrogens with zero attached hydrogens (tertiary/aromatic N) is 1. The maximum absolute atomic E-state index is 12.5. The molecule has 0 heterocycles. The Kier molecular flexibility index (Phi) is 7.18. The Balaban J connectivity index is 2.63. The predicted molar refractivity (Wildman–Crippen MR) is 80.4 cm³/mol. The highest BCUT2D eigenvalue weighted by molar-refractivity contribution is 5.24. The number of rotatable bonds is 8. The number of hydrogen-bond donors (Lipinski definition) is 1. The molecule has 0 aliphatic carbocycles. The second-order valence-corrected chi connectivity index (χ2v) is 5.29. The van der Waals surface area contributed by atoms with E-state index < -0.39 is 12.7 Å². The molecule has 1 unspecified atom stereocenters. The molecule has 120 valence electrons. The van der Waals surface area contributed by atoms with E-state index in [1.165, 1.54) is 10.5 Å². The lowest BCUT2D eigenvalue weighted by atomic mass is 10.0. The Morgan fingerprint density at radius 2 is 1.76 bits per heavy atom. The second kappa shape index (κ2) is 8.39. The minimum atomic E-state index is -4.13. The van der Waals surface area contributed by atoms with E-state index in [-0.39, 0.29) is 6.04 Å². The van der Waals surface area contributed by atoms with Gasteiger partial charge in [0.15, 0.2) is 0 Å². The highest BCUT2D eigenvalue weighted by atomic mass is 19.4. The van der Waals surface area contributed by atoms with Crippen LogP contribution < -0.4 is 5.32 Å². The SMILES string of the molecule is CCNC(CCN(CC)CC(F)(F)F)c1ccc(C)cc1. The van der Waals surface area contributed by atoms with Crippen molar-refractivity contribution in [2.24, 2.45) is 0 Å². The van der Waals surface area contributed by atoms with Crippen molar-refractivity contribution in [3.05, 3.63) is 35.4 Å². The van der Waals surface area contributed by atoms with Gasteiger partial charge in [-0.15, -0.1) is 0 Å². The van der Waals surface area contributed by atoms with Gasteiger partial charge in [0.1, 0.15) is 0 Å². The lowest BCUT2D eigenvalue weighted by molar-refractivity contribution is -0.145. The van der Waals surface area contributed by atoms with Crippen molar-refractivity contribution in [2.45, 2.75) is 39.4 Å². The zero-order valence-electron chi connectivity index (χ0n) is 13.0. The van der Waals surface area contributed by atoms with Gasteiger partial charge in [0.05, 0.1) is 6.54 Å². The van der Waals surface area contributed by atoms with E-state index in [0.29, 0.717) is 19.5 Å². The van der Waals surface area contributed by atoms with Crippen LogP contribution in [0, 0.1) is 6.92 Å². The van der Waals surface area contributed by atoms with Crippen LogP contribution >= 0.6 is 0 Å². The third-order valence-electron chi connectivity index (χ3n) is 3.51. The summed E-state index contributed by atoms with van der Waals surface area (Å²) in [6.45, 7) is 6.59.